The Morgan fingerprint density at radius 3 is 1.13 bits per heavy atom. The first-order valence-corrected chi connectivity index (χ1v) is 28.5. The van der Waals surface area contributed by atoms with E-state index in [4.69, 9.17) is 0 Å². The van der Waals surface area contributed by atoms with Crippen molar-refractivity contribution in [2.75, 3.05) is 0 Å². The highest BCUT2D eigenvalue weighted by atomic mass is 32.2. The third-order valence-corrected chi connectivity index (χ3v) is 17.2. The molecule has 0 aliphatic carbocycles. The molecule has 0 unspecified atom stereocenters. The predicted octanol–water partition coefficient (Wildman–Crippen LogP) is 12.0. The molecule has 5 aliphatic rings. The summed E-state index contributed by atoms with van der Waals surface area (Å²) in [5.41, 5.74) is 5.82. The molecule has 4 amide bonds. The predicted molar refractivity (Wildman–Crippen MR) is 298 cm³/mol. The highest BCUT2D eigenvalue weighted by Crippen LogP contribution is 2.37. The van der Waals surface area contributed by atoms with E-state index < -0.39 is 37.0 Å². The fourth-order valence-corrected chi connectivity index (χ4v) is 13.0. The van der Waals surface area contributed by atoms with E-state index in [2.05, 4.69) is 70.7 Å². The minimum absolute atomic E-state index is 0.0872. The number of imide groups is 1. The van der Waals surface area contributed by atoms with Crippen molar-refractivity contribution in [3.8, 4) is 0 Å². The Morgan fingerprint density at radius 1 is 0.347 bits per heavy atom. The molecule has 0 atom stereocenters. The van der Waals surface area contributed by atoms with E-state index in [9.17, 15) is 36.0 Å². The van der Waals surface area contributed by atoms with Crippen LogP contribution in [0.25, 0.3) is 0 Å². The van der Waals surface area contributed by atoms with Gasteiger partial charge in [0.25, 0.3) is 33.7 Å². The van der Waals surface area contributed by atoms with Crippen molar-refractivity contribution in [1.82, 2.24) is 23.3 Å². The number of hydrogen-bond donors (Lipinski definition) is 0. The minimum Gasteiger partial charge on any atom is -0.329 e. The van der Waals surface area contributed by atoms with Crippen LogP contribution in [0.1, 0.15) is 181 Å². The number of rotatable bonds is 0. The zero-order valence-corrected chi connectivity index (χ0v) is 48.8. The second-order valence-corrected chi connectivity index (χ2v) is 27.3. The van der Waals surface area contributed by atoms with E-state index in [1.165, 1.54) is 22.1 Å². The SMILES string of the molecule is CC.CC(C)(C)N1C(=O)c2ccccc2C1=O.CC(C)(C)N1C(=O)c2ccccc2S1(=O)=O.CC(C)(C)N1Cc2ccccc2C1.CC(C)(C)N1Cc2ccccc2C1=O.CC(C)(C)N1Cc2ccccc2S1(=O)=O. The fraction of sp³-hybridized carbons (Fsp3) is 0.433. The molecule has 0 aromatic heterocycles. The van der Waals surface area contributed by atoms with Gasteiger partial charge in [-0.2, -0.15) is 4.31 Å². The first-order valence-electron chi connectivity index (χ1n) is 25.6. The molecule has 0 spiro atoms. The van der Waals surface area contributed by atoms with Gasteiger partial charge in [0.1, 0.15) is 4.90 Å². The number of amides is 4. The molecule has 75 heavy (non-hydrogen) atoms. The van der Waals surface area contributed by atoms with Crippen LogP contribution in [0, 0.1) is 0 Å². The van der Waals surface area contributed by atoms with Crippen LogP contribution in [0.15, 0.2) is 131 Å². The summed E-state index contributed by atoms with van der Waals surface area (Å²) in [7, 11) is -6.94. The van der Waals surface area contributed by atoms with Gasteiger partial charge in [-0.05, 0) is 163 Å². The normalized spacial score (nSPS) is 17.3. The first-order chi connectivity index (χ1) is 34.6. The van der Waals surface area contributed by atoms with Gasteiger partial charge in [0.2, 0.25) is 10.0 Å². The summed E-state index contributed by atoms with van der Waals surface area (Å²) in [6, 6.07) is 37.0. The highest BCUT2D eigenvalue weighted by Gasteiger charge is 2.47. The van der Waals surface area contributed by atoms with Crippen molar-refractivity contribution >= 4 is 43.7 Å². The molecule has 0 fully saturated rings. The molecule has 404 valence electrons. The zero-order valence-electron chi connectivity index (χ0n) is 47.2. The lowest BCUT2D eigenvalue weighted by Gasteiger charge is -2.31. The van der Waals surface area contributed by atoms with Crippen molar-refractivity contribution in [2.45, 2.75) is 181 Å². The standard InChI is InChI=1S/C12H13NO2.C12H15NO.C12H17N.C11H13NO3S.C11H15NO2S.C2H6/c1-12(2,3)13-10(14)8-6-4-5-7-9(8)11(13)15;1-12(2,3)13-8-9-6-4-5-7-10(9)11(13)14;1-12(2,3)13-8-10-6-4-5-7-11(10)9-13;1-11(2,3)12-10(13)8-6-4-5-7-9(8)16(12,14)15;1-11(2,3)12-8-9-6-4-5-7-10(9)15(12,13)14;1-2/h4-7H,1-3H3;4-7H,8H2,1-3H3;4-7H,8-9H2,1-3H3;4-7H,1-3H3;4-7H,8H2,1-3H3;1-2H3. The van der Waals surface area contributed by atoms with Crippen LogP contribution in [-0.2, 0) is 46.2 Å². The third kappa shape index (κ3) is 13.0. The molecule has 5 aromatic rings. The Labute approximate surface area is 448 Å². The number of carbonyl (C=O) groups is 4. The Bertz CT molecular complexity index is 3080. The van der Waals surface area contributed by atoms with Gasteiger partial charge in [-0.3, -0.25) is 29.0 Å². The lowest BCUT2D eigenvalue weighted by Crippen LogP contribution is -2.45. The van der Waals surface area contributed by atoms with E-state index in [0.717, 1.165) is 40.6 Å². The van der Waals surface area contributed by atoms with Gasteiger partial charge in [0, 0.05) is 53.9 Å². The number of benzene rings is 5. The molecule has 0 saturated heterocycles. The van der Waals surface area contributed by atoms with Gasteiger partial charge in [0.05, 0.1) is 27.1 Å². The Balaban J connectivity index is 0.000000172. The maximum atomic E-state index is 12.2. The summed E-state index contributed by atoms with van der Waals surface area (Å²) in [5.74, 6) is -0.664. The van der Waals surface area contributed by atoms with Crippen LogP contribution in [0.3, 0.4) is 0 Å². The summed E-state index contributed by atoms with van der Waals surface area (Å²) in [6.45, 7) is 36.9. The van der Waals surface area contributed by atoms with Crippen LogP contribution in [0.2, 0.25) is 0 Å². The van der Waals surface area contributed by atoms with Crippen LogP contribution in [-0.4, -0.2) is 91.5 Å². The molecule has 0 N–H and O–H groups in total. The van der Waals surface area contributed by atoms with E-state index in [0.29, 0.717) is 28.1 Å². The minimum atomic E-state index is -3.67. The second kappa shape index (κ2) is 22.3. The van der Waals surface area contributed by atoms with E-state index in [1.54, 1.807) is 79.7 Å². The third-order valence-electron chi connectivity index (χ3n) is 12.9. The number of sulfonamides is 2. The maximum Gasteiger partial charge on any atom is 0.269 e. The van der Waals surface area contributed by atoms with Crippen molar-refractivity contribution in [3.05, 3.63) is 166 Å². The quantitative estimate of drug-likeness (QED) is 0.138. The number of nitrogens with zero attached hydrogens (tertiary/aromatic N) is 5. The summed E-state index contributed by atoms with van der Waals surface area (Å²) < 4.78 is 51.1. The second-order valence-electron chi connectivity index (χ2n) is 23.7. The van der Waals surface area contributed by atoms with E-state index in [1.807, 2.05) is 96.7 Å². The molecule has 5 aromatic carbocycles. The van der Waals surface area contributed by atoms with Gasteiger partial charge in [-0.15, -0.1) is 0 Å². The molecule has 5 heterocycles. The van der Waals surface area contributed by atoms with Gasteiger partial charge in [0.15, 0.2) is 0 Å². The summed E-state index contributed by atoms with van der Waals surface area (Å²) in [4.78, 5) is 54.2. The molecule has 13 nitrogen and oxygen atoms in total. The van der Waals surface area contributed by atoms with Crippen molar-refractivity contribution in [2.24, 2.45) is 0 Å². The fourth-order valence-electron chi connectivity index (χ4n) is 9.09. The molecule has 15 heteroatoms. The van der Waals surface area contributed by atoms with E-state index in [-0.39, 0.29) is 39.3 Å². The molecular weight excluding hydrogens is 983 g/mol. The Hall–Kier alpha value is -6.00. The maximum absolute atomic E-state index is 12.2. The zero-order chi connectivity index (χ0) is 56.4. The summed E-state index contributed by atoms with van der Waals surface area (Å²) >= 11 is 0. The van der Waals surface area contributed by atoms with Gasteiger partial charge < -0.3 is 4.90 Å². The molecule has 0 radical (unpaired) electrons. The van der Waals surface area contributed by atoms with Crippen LogP contribution >= 0.6 is 0 Å². The largest absolute Gasteiger partial charge is 0.329 e. The molecule has 0 bridgehead atoms. The number of carbonyl (C=O) groups excluding carboxylic acids is 4. The smallest absolute Gasteiger partial charge is 0.269 e. The molecule has 0 saturated carbocycles. The number of fused-ring (bicyclic) bond motifs is 5. The summed E-state index contributed by atoms with van der Waals surface area (Å²) in [5, 5.41) is 0. The molecule has 5 aliphatic heterocycles. The average Bonchev–Trinajstić information content (AvgIpc) is 4.10. The van der Waals surface area contributed by atoms with Gasteiger partial charge >= 0.3 is 0 Å². The monoisotopic (exact) mass is 1060 g/mol. The average molecular weight is 1060 g/mol. The van der Waals surface area contributed by atoms with Gasteiger partial charge in [-0.25, -0.2) is 21.1 Å². The van der Waals surface area contributed by atoms with Crippen LogP contribution < -0.4 is 0 Å². The molecular formula is C60H79N5O8S2. The highest BCUT2D eigenvalue weighted by molar-refractivity contribution is 7.90. The van der Waals surface area contributed by atoms with Crippen LogP contribution in [0.4, 0.5) is 0 Å². The van der Waals surface area contributed by atoms with Crippen LogP contribution in [0.5, 0.6) is 0 Å². The lowest BCUT2D eigenvalue weighted by molar-refractivity contribution is 0.0505. The number of hydrogen-bond acceptors (Lipinski definition) is 9. The van der Waals surface area contributed by atoms with Crippen molar-refractivity contribution in [1.29, 1.82) is 0 Å². The van der Waals surface area contributed by atoms with Gasteiger partial charge in [-0.1, -0.05) is 98.8 Å². The van der Waals surface area contributed by atoms with E-state index >= 15 is 0 Å². The molecule has 10 rings (SSSR count). The van der Waals surface area contributed by atoms with Crippen molar-refractivity contribution < 1.29 is 36.0 Å². The Kier molecular flexibility index (Phi) is 17.8. The lowest BCUT2D eigenvalue weighted by atomic mass is 10.1. The Morgan fingerprint density at radius 2 is 0.747 bits per heavy atom. The van der Waals surface area contributed by atoms with Crippen molar-refractivity contribution in [3.63, 3.8) is 0 Å². The topological polar surface area (TPSA) is 153 Å². The first kappa shape index (κ1) is 59.9. The summed E-state index contributed by atoms with van der Waals surface area (Å²) in [6.07, 6.45) is 0.